The molecule has 0 unspecified atom stereocenters. The minimum absolute atomic E-state index is 0.340. The molecule has 2 aliphatic rings. The number of imidazole rings is 1. The Kier molecular flexibility index (Phi) is 4.52. The maximum atomic E-state index is 6.07. The highest BCUT2D eigenvalue weighted by Crippen LogP contribution is 2.32. The van der Waals surface area contributed by atoms with Gasteiger partial charge in [-0.25, -0.2) is 15.0 Å². The van der Waals surface area contributed by atoms with Gasteiger partial charge in [0.2, 0.25) is 0 Å². The van der Waals surface area contributed by atoms with Gasteiger partial charge in [0.25, 0.3) is 0 Å². The van der Waals surface area contributed by atoms with Gasteiger partial charge in [0.15, 0.2) is 23.2 Å². The Morgan fingerprint density at radius 3 is 2.43 bits per heavy atom. The van der Waals surface area contributed by atoms with Crippen LogP contribution < -0.4 is 15.2 Å². The van der Waals surface area contributed by atoms with E-state index >= 15 is 0 Å². The van der Waals surface area contributed by atoms with Gasteiger partial charge >= 0.3 is 0 Å². The first-order valence-corrected chi connectivity index (χ1v) is 8.71. The van der Waals surface area contributed by atoms with Crippen molar-refractivity contribution < 1.29 is 9.47 Å². The minimum atomic E-state index is 0.340. The molecular formula is C20H20N6O2. The molecule has 4 rings (SSSR count). The summed E-state index contributed by atoms with van der Waals surface area (Å²) in [6, 6.07) is 7.97. The van der Waals surface area contributed by atoms with E-state index in [0.29, 0.717) is 41.2 Å². The zero-order valence-electron chi connectivity index (χ0n) is 15.9. The van der Waals surface area contributed by atoms with E-state index in [-0.39, 0.29) is 0 Å². The molecular weight excluding hydrogens is 356 g/mol. The third-order valence-electron chi connectivity index (χ3n) is 4.62. The lowest BCUT2D eigenvalue weighted by Crippen LogP contribution is -2.11. The van der Waals surface area contributed by atoms with E-state index in [1.165, 1.54) is 0 Å². The summed E-state index contributed by atoms with van der Waals surface area (Å²) in [6.07, 6.45) is 4.94. The van der Waals surface area contributed by atoms with E-state index in [2.05, 4.69) is 15.0 Å². The molecule has 0 amide bonds. The van der Waals surface area contributed by atoms with Crippen LogP contribution >= 0.6 is 0 Å². The Hall–Kier alpha value is -3.68. The largest absolute Gasteiger partial charge is 0.495 e. The zero-order chi connectivity index (χ0) is 19.7. The predicted molar refractivity (Wildman–Crippen MR) is 105 cm³/mol. The summed E-state index contributed by atoms with van der Waals surface area (Å²) in [5.74, 6) is 2.85. The first kappa shape index (κ1) is 17.7. The van der Waals surface area contributed by atoms with Crippen molar-refractivity contribution in [1.82, 2.24) is 24.5 Å². The summed E-state index contributed by atoms with van der Waals surface area (Å²) >= 11 is 0. The van der Waals surface area contributed by atoms with Crippen LogP contribution in [0.25, 0.3) is 22.9 Å². The smallest absolute Gasteiger partial charge is 0.166 e. The summed E-state index contributed by atoms with van der Waals surface area (Å²) in [6.45, 7) is 2.45. The van der Waals surface area contributed by atoms with Gasteiger partial charge in [0.1, 0.15) is 11.5 Å². The molecule has 1 aromatic heterocycles. The number of anilines is 1. The van der Waals surface area contributed by atoms with Crippen molar-refractivity contribution in [3.8, 4) is 34.4 Å². The second-order valence-electron chi connectivity index (χ2n) is 6.31. The molecule has 0 bridgehead atoms. The lowest BCUT2D eigenvalue weighted by atomic mass is 10.1. The fraction of sp³-hybridized carbons (Fsp3) is 0.200. The molecule has 0 saturated heterocycles. The molecule has 142 valence electrons. The standard InChI is InChI=1S/C20H20N6O2/c1-12-6-4-5-7-13(12)19-24-17-18(21)23-11-26(20(17)25-19)10-14-15(27-2)8-22-9-16(14)28-3/h4-9,11H,10,21H2,1-3H3. The number of nitrogens with zero attached hydrogens (tertiary/aromatic N) is 5. The van der Waals surface area contributed by atoms with Crippen LogP contribution in [-0.4, -0.2) is 38.7 Å². The van der Waals surface area contributed by atoms with Crippen molar-refractivity contribution in [2.45, 2.75) is 13.5 Å². The summed E-state index contributed by atoms with van der Waals surface area (Å²) in [4.78, 5) is 17.8. The van der Waals surface area contributed by atoms with Crippen molar-refractivity contribution >= 4 is 5.82 Å². The molecule has 0 spiro atoms. The number of nitrogens with two attached hydrogens (primary N) is 1. The third kappa shape index (κ3) is 2.98. The summed E-state index contributed by atoms with van der Waals surface area (Å²) < 4.78 is 12.8. The molecule has 0 aliphatic carbocycles. The second-order valence-corrected chi connectivity index (χ2v) is 6.31. The maximum Gasteiger partial charge on any atom is 0.166 e. The van der Waals surface area contributed by atoms with Crippen molar-refractivity contribution in [3.05, 3.63) is 54.1 Å². The van der Waals surface area contributed by atoms with Crippen LogP contribution in [0.2, 0.25) is 0 Å². The number of hydrogen-bond donors (Lipinski definition) is 1. The van der Waals surface area contributed by atoms with Crippen LogP contribution in [0.1, 0.15) is 11.1 Å². The van der Waals surface area contributed by atoms with Crippen molar-refractivity contribution in [2.75, 3.05) is 20.0 Å². The summed E-state index contributed by atoms with van der Waals surface area (Å²) in [5, 5.41) is 0. The monoisotopic (exact) mass is 376 g/mol. The van der Waals surface area contributed by atoms with Crippen LogP contribution in [0.3, 0.4) is 0 Å². The molecule has 8 nitrogen and oxygen atoms in total. The van der Waals surface area contributed by atoms with Gasteiger partial charge in [0.05, 0.1) is 45.0 Å². The van der Waals surface area contributed by atoms with E-state index in [0.717, 1.165) is 16.7 Å². The number of rotatable bonds is 5. The van der Waals surface area contributed by atoms with E-state index in [1.54, 1.807) is 32.9 Å². The highest BCUT2D eigenvalue weighted by Gasteiger charge is 2.22. The lowest BCUT2D eigenvalue weighted by Gasteiger charge is -2.15. The molecule has 1 aromatic carbocycles. The fourth-order valence-electron chi connectivity index (χ4n) is 3.14. The van der Waals surface area contributed by atoms with E-state index in [9.17, 15) is 0 Å². The Bertz CT molecular complexity index is 1090. The Morgan fingerprint density at radius 2 is 1.75 bits per heavy atom. The summed E-state index contributed by atoms with van der Waals surface area (Å²) in [7, 11) is 3.19. The zero-order valence-corrected chi connectivity index (χ0v) is 15.9. The van der Waals surface area contributed by atoms with Crippen LogP contribution in [-0.2, 0) is 6.54 Å². The molecule has 0 atom stereocenters. The molecule has 3 heterocycles. The van der Waals surface area contributed by atoms with Crippen LogP contribution in [0.5, 0.6) is 11.5 Å². The van der Waals surface area contributed by atoms with Gasteiger partial charge in [-0.05, 0) is 12.5 Å². The number of hydrogen-bond acceptors (Lipinski definition) is 7. The van der Waals surface area contributed by atoms with Gasteiger partial charge < -0.3 is 19.8 Å². The molecule has 2 aliphatic heterocycles. The average Bonchev–Trinajstić information content (AvgIpc) is 3.16. The number of pyridine rings is 1. The number of methoxy groups -OCH3 is 2. The highest BCUT2D eigenvalue weighted by atomic mass is 16.5. The lowest BCUT2D eigenvalue weighted by molar-refractivity contribution is 0.380. The van der Waals surface area contributed by atoms with Crippen molar-refractivity contribution in [1.29, 1.82) is 0 Å². The molecule has 0 saturated carbocycles. The molecule has 0 fully saturated rings. The number of benzene rings is 1. The average molecular weight is 376 g/mol. The van der Waals surface area contributed by atoms with Gasteiger partial charge in [-0.3, -0.25) is 4.98 Å². The molecule has 2 N–H and O–H groups in total. The van der Waals surface area contributed by atoms with Crippen molar-refractivity contribution in [3.63, 3.8) is 0 Å². The number of aromatic nitrogens is 5. The van der Waals surface area contributed by atoms with Gasteiger partial charge in [-0.15, -0.1) is 0 Å². The van der Waals surface area contributed by atoms with Gasteiger partial charge in [0, 0.05) is 5.56 Å². The third-order valence-corrected chi connectivity index (χ3v) is 4.62. The van der Waals surface area contributed by atoms with Gasteiger partial charge in [-0.1, -0.05) is 24.3 Å². The first-order chi connectivity index (χ1) is 13.6. The summed E-state index contributed by atoms with van der Waals surface area (Å²) in [5.41, 5.74) is 9.52. The number of nitrogen functional groups attached to an aromatic ring is 1. The predicted octanol–water partition coefficient (Wildman–Crippen LogP) is 2.80. The molecule has 28 heavy (non-hydrogen) atoms. The number of ether oxygens (including phenoxy) is 2. The topological polar surface area (TPSA) is 101 Å². The Labute approximate surface area is 162 Å². The maximum absolute atomic E-state index is 6.07. The number of fused-ring (bicyclic) bond motifs is 1. The Balaban J connectivity index is 1.84. The van der Waals surface area contributed by atoms with Gasteiger partial charge in [-0.2, -0.15) is 0 Å². The van der Waals surface area contributed by atoms with Crippen molar-refractivity contribution in [2.24, 2.45) is 0 Å². The number of aryl methyl sites for hydroxylation is 1. The van der Waals surface area contributed by atoms with Crippen LogP contribution in [0, 0.1) is 6.92 Å². The Morgan fingerprint density at radius 1 is 1.04 bits per heavy atom. The quantitative estimate of drug-likeness (QED) is 0.571. The normalized spacial score (nSPS) is 11.0. The fourth-order valence-corrected chi connectivity index (χ4v) is 3.14. The molecule has 0 radical (unpaired) electrons. The van der Waals surface area contributed by atoms with E-state index in [4.69, 9.17) is 20.2 Å². The van der Waals surface area contributed by atoms with Crippen LogP contribution in [0.4, 0.5) is 5.82 Å². The van der Waals surface area contributed by atoms with E-state index in [1.807, 2.05) is 35.8 Å². The SMILES string of the molecule is COc1cncc(OC)c1Cn1cnc(N)c2nc(-c3ccccc3C)nc1-2. The van der Waals surface area contributed by atoms with Crippen LogP contribution in [0.15, 0.2) is 43.0 Å². The second kappa shape index (κ2) is 7.15. The molecule has 8 heteroatoms. The first-order valence-electron chi connectivity index (χ1n) is 8.71. The highest BCUT2D eigenvalue weighted by molar-refractivity contribution is 5.72. The minimum Gasteiger partial charge on any atom is -0.495 e. The van der Waals surface area contributed by atoms with E-state index < -0.39 is 0 Å². The molecule has 2 aromatic rings.